The van der Waals surface area contributed by atoms with Gasteiger partial charge in [-0.3, -0.25) is 0 Å². The van der Waals surface area contributed by atoms with Gasteiger partial charge < -0.3 is 5.32 Å². The number of benzene rings is 1. The molecule has 0 unspecified atom stereocenters. The summed E-state index contributed by atoms with van der Waals surface area (Å²) < 4.78 is 51.8. The van der Waals surface area contributed by atoms with Gasteiger partial charge in [-0.2, -0.15) is 13.2 Å². The molecule has 0 spiro atoms. The average Bonchev–Trinajstić information content (AvgIpc) is 2.32. The summed E-state index contributed by atoms with van der Waals surface area (Å²) in [5.41, 5.74) is -0.897. The van der Waals surface area contributed by atoms with Crippen LogP contribution in [-0.4, -0.2) is 6.54 Å². The molecule has 1 fully saturated rings. The van der Waals surface area contributed by atoms with Crippen molar-refractivity contribution in [3.05, 3.63) is 34.1 Å². The molecule has 19 heavy (non-hydrogen) atoms. The van der Waals surface area contributed by atoms with Crippen molar-refractivity contribution in [2.75, 3.05) is 6.54 Å². The molecule has 0 aromatic heterocycles. The van der Waals surface area contributed by atoms with E-state index in [0.717, 1.165) is 18.9 Å². The van der Waals surface area contributed by atoms with Crippen LogP contribution < -0.4 is 5.32 Å². The van der Waals surface area contributed by atoms with Crippen LogP contribution in [0.1, 0.15) is 36.4 Å². The Morgan fingerprint density at radius 2 is 1.89 bits per heavy atom. The molecule has 7 heteroatoms. The first-order valence-corrected chi connectivity index (χ1v) is 6.07. The zero-order valence-corrected chi connectivity index (χ0v) is 11.4. The third-order valence-corrected chi connectivity index (χ3v) is 3.34. The number of hydrogen-bond acceptors (Lipinski definition) is 1. The predicted octanol–water partition coefficient (Wildman–Crippen LogP) is 4.73. The highest BCUT2D eigenvalue weighted by molar-refractivity contribution is 6.30. The van der Waals surface area contributed by atoms with Gasteiger partial charge in [0.1, 0.15) is 5.82 Å². The number of rotatable bonds is 1. The minimum Gasteiger partial charge on any atom is -0.310 e. The number of halogens is 6. The Bertz CT molecular complexity index is 442. The normalized spacial score (nSPS) is 19.9. The SMILES string of the molecule is Cl.Fc1c(Cl)cc(C(F)(F)F)cc1[C@@H]1CCCCN1. The zero-order valence-electron chi connectivity index (χ0n) is 9.86. The van der Waals surface area contributed by atoms with Crippen LogP contribution in [0.4, 0.5) is 17.6 Å². The van der Waals surface area contributed by atoms with Crippen molar-refractivity contribution < 1.29 is 17.6 Å². The molecule has 0 amide bonds. The van der Waals surface area contributed by atoms with E-state index in [9.17, 15) is 17.6 Å². The maximum Gasteiger partial charge on any atom is 0.416 e. The quantitative estimate of drug-likeness (QED) is 0.738. The van der Waals surface area contributed by atoms with Crippen LogP contribution in [-0.2, 0) is 6.18 Å². The second-order valence-electron chi connectivity index (χ2n) is 4.36. The summed E-state index contributed by atoms with van der Waals surface area (Å²) in [5.74, 6) is -0.760. The van der Waals surface area contributed by atoms with Gasteiger partial charge in [0.2, 0.25) is 0 Å². The molecule has 1 aromatic rings. The van der Waals surface area contributed by atoms with Crippen molar-refractivity contribution >= 4 is 24.0 Å². The zero-order chi connectivity index (χ0) is 13.3. The van der Waals surface area contributed by atoms with E-state index in [0.29, 0.717) is 19.0 Å². The van der Waals surface area contributed by atoms with Gasteiger partial charge in [0.15, 0.2) is 0 Å². The fourth-order valence-corrected chi connectivity index (χ4v) is 2.37. The first-order chi connectivity index (χ1) is 8.39. The Morgan fingerprint density at radius 3 is 2.42 bits per heavy atom. The maximum absolute atomic E-state index is 13.8. The molecule has 1 nitrogen and oxygen atoms in total. The molecule has 1 heterocycles. The van der Waals surface area contributed by atoms with Gasteiger partial charge in [0.05, 0.1) is 10.6 Å². The van der Waals surface area contributed by atoms with Gasteiger partial charge in [0, 0.05) is 11.6 Å². The van der Waals surface area contributed by atoms with Gasteiger partial charge in [-0.1, -0.05) is 18.0 Å². The molecule has 0 bridgehead atoms. The van der Waals surface area contributed by atoms with Crippen molar-refractivity contribution in [2.45, 2.75) is 31.5 Å². The third-order valence-electron chi connectivity index (χ3n) is 3.07. The van der Waals surface area contributed by atoms with Crippen molar-refractivity contribution in [3.63, 3.8) is 0 Å². The monoisotopic (exact) mass is 317 g/mol. The molecule has 1 aromatic carbocycles. The Kier molecular flexibility index (Phi) is 5.47. The van der Waals surface area contributed by atoms with E-state index in [-0.39, 0.29) is 18.0 Å². The molecule has 1 N–H and O–H groups in total. The van der Waals surface area contributed by atoms with Crippen LogP contribution in [0.15, 0.2) is 12.1 Å². The minimum absolute atomic E-state index is 0. The predicted molar refractivity (Wildman–Crippen MR) is 68.3 cm³/mol. The van der Waals surface area contributed by atoms with Crippen molar-refractivity contribution in [1.29, 1.82) is 0 Å². The Balaban J connectivity index is 0.00000180. The van der Waals surface area contributed by atoms with E-state index in [1.807, 2.05) is 0 Å². The first kappa shape index (κ1) is 16.5. The summed E-state index contributed by atoms with van der Waals surface area (Å²) in [6.45, 7) is 0.679. The third kappa shape index (κ3) is 3.74. The molecule has 1 saturated heterocycles. The number of alkyl halides is 3. The highest BCUT2D eigenvalue weighted by Gasteiger charge is 2.33. The largest absolute Gasteiger partial charge is 0.416 e. The summed E-state index contributed by atoms with van der Waals surface area (Å²) in [7, 11) is 0. The smallest absolute Gasteiger partial charge is 0.310 e. The summed E-state index contributed by atoms with van der Waals surface area (Å²) >= 11 is 5.54. The van der Waals surface area contributed by atoms with Crippen LogP contribution in [0.25, 0.3) is 0 Å². The van der Waals surface area contributed by atoms with E-state index in [1.54, 1.807) is 0 Å². The highest BCUT2D eigenvalue weighted by atomic mass is 35.5. The van der Waals surface area contributed by atoms with E-state index in [4.69, 9.17) is 11.6 Å². The van der Waals surface area contributed by atoms with Crippen molar-refractivity contribution in [2.24, 2.45) is 0 Å². The first-order valence-electron chi connectivity index (χ1n) is 5.69. The van der Waals surface area contributed by atoms with E-state index in [2.05, 4.69) is 5.32 Å². The van der Waals surface area contributed by atoms with Crippen LogP contribution in [0.3, 0.4) is 0 Å². The van der Waals surface area contributed by atoms with E-state index < -0.39 is 28.6 Å². The fourth-order valence-electron chi connectivity index (χ4n) is 2.14. The molecule has 0 radical (unpaired) electrons. The van der Waals surface area contributed by atoms with Gasteiger partial charge >= 0.3 is 6.18 Å². The molecule has 1 aliphatic heterocycles. The lowest BCUT2D eigenvalue weighted by Crippen LogP contribution is -2.28. The Hall–Kier alpha value is -0.520. The summed E-state index contributed by atoms with van der Waals surface area (Å²) in [5, 5.41) is 2.54. The Labute approximate surface area is 119 Å². The number of nitrogens with one attached hydrogen (secondary N) is 1. The molecular formula is C12H13Cl2F4N. The molecular weight excluding hydrogens is 305 g/mol. The second kappa shape index (κ2) is 6.29. The second-order valence-corrected chi connectivity index (χ2v) is 4.77. The average molecular weight is 318 g/mol. The Morgan fingerprint density at radius 1 is 1.21 bits per heavy atom. The molecule has 1 aliphatic rings. The van der Waals surface area contributed by atoms with Crippen molar-refractivity contribution in [1.82, 2.24) is 5.32 Å². The van der Waals surface area contributed by atoms with Crippen LogP contribution in [0.5, 0.6) is 0 Å². The molecule has 108 valence electrons. The maximum atomic E-state index is 13.8. The topological polar surface area (TPSA) is 12.0 Å². The standard InChI is InChI=1S/C12H12ClF4N.ClH/c13-9-6-7(12(15,16)17)5-8(11(9)14)10-3-1-2-4-18-10;/h5-6,10,18H,1-4H2;1H/t10-;/m0./s1. The minimum atomic E-state index is -4.51. The lowest BCUT2D eigenvalue weighted by Gasteiger charge is -2.25. The summed E-state index contributed by atoms with van der Waals surface area (Å²) in [6, 6.07) is 1.09. The van der Waals surface area contributed by atoms with Crippen LogP contribution in [0, 0.1) is 5.82 Å². The van der Waals surface area contributed by atoms with Gasteiger partial charge in [-0.25, -0.2) is 4.39 Å². The van der Waals surface area contributed by atoms with Crippen LogP contribution >= 0.6 is 24.0 Å². The molecule has 1 atom stereocenters. The van der Waals surface area contributed by atoms with Gasteiger partial charge in [-0.05, 0) is 31.5 Å². The lowest BCUT2D eigenvalue weighted by atomic mass is 9.95. The number of piperidine rings is 1. The highest BCUT2D eigenvalue weighted by Crippen LogP contribution is 2.36. The van der Waals surface area contributed by atoms with Gasteiger partial charge in [0.25, 0.3) is 0 Å². The summed E-state index contributed by atoms with van der Waals surface area (Å²) in [4.78, 5) is 0. The molecule has 0 saturated carbocycles. The molecule has 0 aliphatic carbocycles. The lowest BCUT2D eigenvalue weighted by molar-refractivity contribution is -0.137. The van der Waals surface area contributed by atoms with Crippen LogP contribution in [0.2, 0.25) is 5.02 Å². The van der Waals surface area contributed by atoms with Gasteiger partial charge in [-0.15, -0.1) is 12.4 Å². The van der Waals surface area contributed by atoms with Crippen molar-refractivity contribution in [3.8, 4) is 0 Å². The number of hydrogen-bond donors (Lipinski definition) is 1. The van der Waals surface area contributed by atoms with E-state index in [1.165, 1.54) is 0 Å². The molecule has 2 rings (SSSR count). The van der Waals surface area contributed by atoms with E-state index >= 15 is 0 Å². The summed E-state index contributed by atoms with van der Waals surface area (Å²) in [6.07, 6.45) is -2.08. The fraction of sp³-hybridized carbons (Fsp3) is 0.500.